The molecule has 1 N–H and O–H groups in total. The van der Waals surface area contributed by atoms with E-state index in [1.165, 1.54) is 0 Å². The van der Waals surface area contributed by atoms with E-state index in [9.17, 15) is 14.7 Å². The zero-order chi connectivity index (χ0) is 15.8. The topological polar surface area (TPSA) is 72.8 Å². The lowest BCUT2D eigenvalue weighted by molar-refractivity contribution is -0.168. The molecular weight excluding hydrogens is 304 g/mol. The fourth-order valence-electron chi connectivity index (χ4n) is 4.54. The lowest BCUT2D eigenvalue weighted by atomic mass is 9.65. The molecule has 0 saturated carbocycles. The largest absolute Gasteiger partial charge is 0.481 e. The van der Waals surface area contributed by atoms with E-state index in [-0.39, 0.29) is 24.0 Å². The van der Waals surface area contributed by atoms with Crippen molar-refractivity contribution in [2.45, 2.75) is 49.1 Å². The molecule has 3 saturated heterocycles. The van der Waals surface area contributed by atoms with Crippen molar-refractivity contribution in [1.82, 2.24) is 0 Å². The second-order valence-corrected chi connectivity index (χ2v) is 8.95. The highest BCUT2D eigenvalue weighted by Gasteiger charge is 2.70. The molecule has 0 amide bonds. The van der Waals surface area contributed by atoms with Crippen molar-refractivity contribution in [3.63, 3.8) is 0 Å². The van der Waals surface area contributed by atoms with E-state index in [1.54, 1.807) is 20.8 Å². The molecule has 120 valence electrons. The first kappa shape index (κ1) is 14.6. The number of thioether (sulfide) groups is 1. The van der Waals surface area contributed by atoms with E-state index in [2.05, 4.69) is 12.2 Å². The second kappa shape index (κ2) is 4.51. The Kier molecular flexibility index (Phi) is 2.99. The van der Waals surface area contributed by atoms with Crippen LogP contribution in [-0.4, -0.2) is 45.4 Å². The molecule has 0 aromatic heterocycles. The van der Waals surface area contributed by atoms with Gasteiger partial charge in [0.25, 0.3) is 0 Å². The number of hydrogen-bond acceptors (Lipinski definition) is 5. The molecule has 3 fully saturated rings. The number of carbonyl (C=O) groups excluding carboxylic acids is 1. The van der Waals surface area contributed by atoms with Crippen LogP contribution in [0.5, 0.6) is 0 Å². The first-order chi connectivity index (χ1) is 10.3. The Morgan fingerprint density at radius 3 is 2.14 bits per heavy atom. The van der Waals surface area contributed by atoms with Crippen LogP contribution in [-0.2, 0) is 19.1 Å². The van der Waals surface area contributed by atoms with E-state index < -0.39 is 29.4 Å². The Morgan fingerprint density at radius 1 is 1.09 bits per heavy atom. The first-order valence-corrected chi connectivity index (χ1v) is 8.67. The minimum atomic E-state index is -0.946. The summed E-state index contributed by atoms with van der Waals surface area (Å²) < 4.78 is 11.5. The van der Waals surface area contributed by atoms with Crippen LogP contribution in [0.3, 0.4) is 0 Å². The molecule has 0 aliphatic carbocycles. The summed E-state index contributed by atoms with van der Waals surface area (Å²) in [5.41, 5.74) is -0.620. The third-order valence-electron chi connectivity index (χ3n) is 5.14. The zero-order valence-electron chi connectivity index (χ0n) is 12.8. The fourth-order valence-corrected chi connectivity index (χ4v) is 6.30. The maximum Gasteiger partial charge on any atom is 0.313 e. The van der Waals surface area contributed by atoms with Crippen LogP contribution < -0.4 is 0 Å². The maximum absolute atomic E-state index is 12.6. The van der Waals surface area contributed by atoms with Crippen LogP contribution in [0.1, 0.15) is 20.8 Å². The van der Waals surface area contributed by atoms with Gasteiger partial charge in [-0.2, -0.15) is 0 Å². The molecule has 0 aromatic rings. The lowest BCUT2D eigenvalue weighted by Gasteiger charge is -2.36. The monoisotopic (exact) mass is 324 g/mol. The lowest BCUT2D eigenvalue weighted by Crippen LogP contribution is -2.50. The molecule has 4 aliphatic heterocycles. The van der Waals surface area contributed by atoms with Crippen LogP contribution >= 0.6 is 11.8 Å². The molecule has 0 radical (unpaired) electrons. The number of hydrogen-bond donors (Lipinski definition) is 1. The number of aliphatic carboxylic acids is 1. The average Bonchev–Trinajstić information content (AvgIpc) is 3.12. The maximum atomic E-state index is 12.6. The predicted molar refractivity (Wildman–Crippen MR) is 80.4 cm³/mol. The predicted octanol–water partition coefficient (Wildman–Crippen LogP) is 1.71. The highest BCUT2D eigenvalue weighted by atomic mass is 32.2. The third kappa shape index (κ3) is 1.89. The molecule has 5 nitrogen and oxygen atoms in total. The molecule has 4 bridgehead atoms. The summed E-state index contributed by atoms with van der Waals surface area (Å²) in [7, 11) is 0. The van der Waals surface area contributed by atoms with Crippen LogP contribution in [0, 0.1) is 23.7 Å². The second-order valence-electron chi connectivity index (χ2n) is 7.59. The Hall–Kier alpha value is -1.01. The van der Waals surface area contributed by atoms with Crippen molar-refractivity contribution in [2.75, 3.05) is 0 Å². The molecule has 22 heavy (non-hydrogen) atoms. The summed E-state index contributed by atoms with van der Waals surface area (Å²) in [6.45, 7) is 5.40. The average molecular weight is 324 g/mol. The number of carboxylic acids is 1. The minimum Gasteiger partial charge on any atom is -0.481 e. The Labute approximate surface area is 133 Å². The zero-order valence-corrected chi connectivity index (χ0v) is 13.6. The normalized spacial score (nSPS) is 47.8. The Morgan fingerprint density at radius 2 is 1.64 bits per heavy atom. The smallest absolute Gasteiger partial charge is 0.313 e. The summed E-state index contributed by atoms with van der Waals surface area (Å²) in [5.74, 6) is -2.37. The van der Waals surface area contributed by atoms with Gasteiger partial charge in [0.15, 0.2) is 0 Å². The van der Waals surface area contributed by atoms with Gasteiger partial charge in [-0.25, -0.2) is 0 Å². The van der Waals surface area contributed by atoms with Gasteiger partial charge in [0.05, 0.1) is 24.0 Å². The van der Waals surface area contributed by atoms with Crippen LogP contribution in [0.2, 0.25) is 0 Å². The third-order valence-corrected chi connectivity index (χ3v) is 6.71. The number of fused-ring (bicyclic) bond motifs is 9. The van der Waals surface area contributed by atoms with Gasteiger partial charge in [-0.1, -0.05) is 12.2 Å². The van der Waals surface area contributed by atoms with Gasteiger partial charge in [-0.3, -0.25) is 9.59 Å². The Balaban J connectivity index is 1.66. The van der Waals surface area contributed by atoms with Gasteiger partial charge in [0, 0.05) is 22.3 Å². The van der Waals surface area contributed by atoms with E-state index in [0.717, 1.165) is 0 Å². The van der Waals surface area contributed by atoms with Crippen molar-refractivity contribution in [3.05, 3.63) is 12.2 Å². The molecule has 4 rings (SSSR count). The Bertz CT molecular complexity index is 565. The van der Waals surface area contributed by atoms with Crippen molar-refractivity contribution < 1.29 is 24.2 Å². The number of rotatable bonds is 2. The summed E-state index contributed by atoms with van der Waals surface area (Å²) in [6, 6.07) is 0. The van der Waals surface area contributed by atoms with Crippen LogP contribution in [0.25, 0.3) is 0 Å². The van der Waals surface area contributed by atoms with Gasteiger partial charge in [-0.05, 0) is 20.8 Å². The molecule has 6 heteroatoms. The van der Waals surface area contributed by atoms with Crippen molar-refractivity contribution in [2.24, 2.45) is 23.7 Å². The van der Waals surface area contributed by atoms with E-state index >= 15 is 0 Å². The number of carbonyl (C=O) groups is 2. The number of carboxylic acid groups (broad SMARTS) is 1. The molecular formula is C16H20O5S. The summed E-state index contributed by atoms with van der Waals surface area (Å²) in [5, 5.41) is 10.3. The van der Waals surface area contributed by atoms with Crippen molar-refractivity contribution in [1.29, 1.82) is 0 Å². The molecule has 8 unspecified atom stereocenters. The first-order valence-electron chi connectivity index (χ1n) is 7.73. The fraction of sp³-hybridized carbons (Fsp3) is 0.750. The van der Waals surface area contributed by atoms with Gasteiger partial charge in [-0.15, -0.1) is 11.8 Å². The highest BCUT2D eigenvalue weighted by molar-refractivity contribution is 8.01. The van der Waals surface area contributed by atoms with Crippen LogP contribution in [0.4, 0.5) is 0 Å². The van der Waals surface area contributed by atoms with E-state index in [4.69, 9.17) is 9.47 Å². The summed E-state index contributed by atoms with van der Waals surface area (Å²) in [4.78, 5) is 24.3. The standard InChI is InChI=1S/C16H20O5S/c1-16(2,3)21-15(19)11-10(14(17)18)12-8-6-4-5-7(22-6)9(8)13(11)20-12/h4-13H,1-3H3,(H,17,18). The quantitative estimate of drug-likeness (QED) is 0.616. The SMILES string of the molecule is CC(C)(C)OC(=O)C1C2OC(C1C(=O)O)C1C3C=CC(S3)C21. The van der Waals surface area contributed by atoms with E-state index in [0.29, 0.717) is 10.5 Å². The van der Waals surface area contributed by atoms with Crippen molar-refractivity contribution >= 4 is 23.7 Å². The molecule has 8 atom stereocenters. The molecule has 0 spiro atoms. The number of ether oxygens (including phenoxy) is 2. The minimum absolute atomic E-state index is 0.227. The van der Waals surface area contributed by atoms with Crippen LogP contribution in [0.15, 0.2) is 12.2 Å². The van der Waals surface area contributed by atoms with Gasteiger partial charge < -0.3 is 14.6 Å². The highest BCUT2D eigenvalue weighted by Crippen LogP contribution is 2.63. The van der Waals surface area contributed by atoms with Gasteiger partial charge in [0.2, 0.25) is 0 Å². The molecule has 4 aliphatic rings. The molecule has 0 aromatic carbocycles. The van der Waals surface area contributed by atoms with E-state index in [1.807, 2.05) is 11.8 Å². The van der Waals surface area contributed by atoms with Gasteiger partial charge in [0.1, 0.15) is 5.60 Å². The van der Waals surface area contributed by atoms with Crippen molar-refractivity contribution in [3.8, 4) is 0 Å². The molecule has 4 heterocycles. The van der Waals surface area contributed by atoms with Gasteiger partial charge >= 0.3 is 11.9 Å². The summed E-state index contributed by atoms with van der Waals surface area (Å²) in [6.07, 6.45) is 3.67. The number of esters is 1. The summed E-state index contributed by atoms with van der Waals surface area (Å²) >= 11 is 1.88.